The number of para-hydroxylation sites is 1. The van der Waals surface area contributed by atoms with E-state index in [9.17, 15) is 4.57 Å². The first-order valence-corrected chi connectivity index (χ1v) is 9.81. The van der Waals surface area contributed by atoms with E-state index < -0.39 is 7.82 Å². The zero-order chi connectivity index (χ0) is 16.4. The van der Waals surface area contributed by atoms with Gasteiger partial charge in [0.2, 0.25) is 0 Å². The molecule has 0 aliphatic rings. The van der Waals surface area contributed by atoms with Crippen LogP contribution in [-0.2, 0) is 4.57 Å². The Balaban J connectivity index is 2.42. The van der Waals surface area contributed by atoms with Gasteiger partial charge in [0.25, 0.3) is 0 Å². The summed E-state index contributed by atoms with van der Waals surface area (Å²) in [6.45, 7) is 4.30. The van der Waals surface area contributed by atoms with Gasteiger partial charge >= 0.3 is 7.82 Å². The van der Waals surface area contributed by atoms with Gasteiger partial charge < -0.3 is 4.52 Å². The normalized spacial score (nSPS) is 13.1. The smallest absolute Gasteiger partial charge is 0.404 e. The first-order valence-electron chi connectivity index (χ1n) is 8.28. The molecule has 0 bridgehead atoms. The van der Waals surface area contributed by atoms with Crippen LogP contribution >= 0.6 is 7.82 Å². The molecule has 4 nitrogen and oxygen atoms in total. The van der Waals surface area contributed by atoms with E-state index in [1.54, 1.807) is 12.1 Å². The van der Waals surface area contributed by atoms with Crippen molar-refractivity contribution in [2.75, 3.05) is 0 Å². The molecule has 22 heavy (non-hydrogen) atoms. The summed E-state index contributed by atoms with van der Waals surface area (Å²) in [7, 11) is -4.50. The van der Waals surface area contributed by atoms with E-state index in [0.29, 0.717) is 5.75 Å². The summed E-state index contributed by atoms with van der Waals surface area (Å²) >= 11 is 0. The number of rotatable bonds is 11. The summed E-state index contributed by atoms with van der Waals surface area (Å²) < 4.78 is 15.8. The van der Waals surface area contributed by atoms with Gasteiger partial charge in [0.1, 0.15) is 5.75 Å². The Bertz CT molecular complexity index is 469. The minimum atomic E-state index is -4.50. The average Bonchev–Trinajstić information content (AvgIpc) is 2.45. The Morgan fingerprint density at radius 1 is 1.05 bits per heavy atom. The molecule has 0 aliphatic carbocycles. The van der Waals surface area contributed by atoms with Crippen molar-refractivity contribution in [2.45, 2.75) is 71.1 Å². The van der Waals surface area contributed by atoms with Crippen LogP contribution in [0.15, 0.2) is 24.3 Å². The molecule has 2 N–H and O–H groups in total. The Morgan fingerprint density at radius 2 is 1.64 bits per heavy atom. The van der Waals surface area contributed by atoms with Crippen molar-refractivity contribution >= 4 is 7.82 Å². The van der Waals surface area contributed by atoms with Crippen molar-refractivity contribution in [3.05, 3.63) is 29.8 Å². The fraction of sp³-hybridized carbons (Fsp3) is 0.647. The second-order valence-electron chi connectivity index (χ2n) is 5.93. The summed E-state index contributed by atoms with van der Waals surface area (Å²) in [6.07, 6.45) is 9.86. The number of benzene rings is 1. The van der Waals surface area contributed by atoms with Crippen molar-refractivity contribution in [1.29, 1.82) is 0 Å². The molecular formula is C17H29O4P. The van der Waals surface area contributed by atoms with Gasteiger partial charge in [-0.2, -0.15) is 0 Å². The van der Waals surface area contributed by atoms with E-state index in [2.05, 4.69) is 13.8 Å². The molecule has 0 aromatic heterocycles. The maximum absolute atomic E-state index is 11.0. The summed E-state index contributed by atoms with van der Waals surface area (Å²) in [5.41, 5.74) is 0.872. The second kappa shape index (κ2) is 10.0. The summed E-state index contributed by atoms with van der Waals surface area (Å²) in [4.78, 5) is 18.0. The maximum atomic E-state index is 11.0. The highest BCUT2D eigenvalue weighted by Gasteiger charge is 2.20. The molecule has 0 radical (unpaired) electrons. The third kappa shape index (κ3) is 7.98. The molecule has 1 unspecified atom stereocenters. The molecule has 0 saturated carbocycles. The van der Waals surface area contributed by atoms with Crippen LogP contribution in [0, 0.1) is 0 Å². The predicted octanol–water partition coefficient (Wildman–Crippen LogP) is 5.40. The lowest BCUT2D eigenvalue weighted by Crippen LogP contribution is -1.99. The Morgan fingerprint density at radius 3 is 2.27 bits per heavy atom. The average molecular weight is 328 g/mol. The van der Waals surface area contributed by atoms with Gasteiger partial charge in [0.15, 0.2) is 0 Å². The number of unbranched alkanes of at least 4 members (excludes halogenated alkanes) is 6. The molecule has 5 heteroatoms. The van der Waals surface area contributed by atoms with Crippen LogP contribution in [0.4, 0.5) is 0 Å². The van der Waals surface area contributed by atoms with E-state index >= 15 is 0 Å². The molecule has 1 aromatic rings. The van der Waals surface area contributed by atoms with Gasteiger partial charge in [-0.1, -0.05) is 77.0 Å². The monoisotopic (exact) mass is 328 g/mol. The Labute approximate surface area is 134 Å². The van der Waals surface area contributed by atoms with Crippen molar-refractivity contribution in [3.8, 4) is 5.75 Å². The van der Waals surface area contributed by atoms with Crippen molar-refractivity contribution in [3.63, 3.8) is 0 Å². The van der Waals surface area contributed by atoms with Gasteiger partial charge in [-0.3, -0.25) is 9.79 Å². The topological polar surface area (TPSA) is 66.8 Å². The molecule has 126 valence electrons. The second-order valence-corrected chi connectivity index (χ2v) is 7.09. The minimum absolute atomic E-state index is 0.235. The van der Waals surface area contributed by atoms with Gasteiger partial charge in [0.05, 0.1) is 0 Å². The van der Waals surface area contributed by atoms with Crippen LogP contribution < -0.4 is 4.52 Å². The van der Waals surface area contributed by atoms with Crippen molar-refractivity contribution in [2.24, 2.45) is 0 Å². The molecule has 0 saturated heterocycles. The maximum Gasteiger partial charge on any atom is 0.524 e. The molecule has 0 spiro atoms. The number of hydrogen-bond donors (Lipinski definition) is 2. The summed E-state index contributed by atoms with van der Waals surface area (Å²) in [6, 6.07) is 7.12. The zero-order valence-corrected chi connectivity index (χ0v) is 14.6. The van der Waals surface area contributed by atoms with Crippen LogP contribution in [0.1, 0.15) is 76.7 Å². The lowest BCUT2D eigenvalue weighted by Gasteiger charge is -2.17. The molecule has 0 heterocycles. The first-order chi connectivity index (χ1) is 10.4. The van der Waals surface area contributed by atoms with Crippen LogP contribution in [0.2, 0.25) is 0 Å². The van der Waals surface area contributed by atoms with E-state index in [4.69, 9.17) is 14.3 Å². The van der Waals surface area contributed by atoms with Gasteiger partial charge in [0, 0.05) is 0 Å². The highest BCUT2D eigenvalue weighted by atomic mass is 31.2. The van der Waals surface area contributed by atoms with Gasteiger partial charge in [-0.15, -0.1) is 0 Å². The largest absolute Gasteiger partial charge is 0.524 e. The molecular weight excluding hydrogens is 299 g/mol. The SMILES string of the molecule is CCCCCCCCCC(C)c1ccccc1OP(=O)(O)O. The number of phosphoric acid groups is 1. The van der Waals surface area contributed by atoms with E-state index in [0.717, 1.165) is 18.4 Å². The molecule has 0 fully saturated rings. The minimum Gasteiger partial charge on any atom is -0.404 e. The highest BCUT2D eigenvalue weighted by Crippen LogP contribution is 2.41. The number of phosphoric ester groups is 1. The van der Waals surface area contributed by atoms with Crippen LogP contribution in [0.5, 0.6) is 5.75 Å². The van der Waals surface area contributed by atoms with E-state index in [1.165, 1.54) is 38.5 Å². The fourth-order valence-corrected chi connectivity index (χ4v) is 3.08. The molecule has 1 aromatic carbocycles. The number of hydrogen-bond acceptors (Lipinski definition) is 2. The van der Waals surface area contributed by atoms with Crippen LogP contribution in [0.3, 0.4) is 0 Å². The fourth-order valence-electron chi connectivity index (χ4n) is 2.66. The Kier molecular flexibility index (Phi) is 8.77. The third-order valence-electron chi connectivity index (χ3n) is 3.91. The zero-order valence-electron chi connectivity index (χ0n) is 13.7. The van der Waals surface area contributed by atoms with Gasteiger partial charge in [-0.05, 0) is 24.0 Å². The highest BCUT2D eigenvalue weighted by molar-refractivity contribution is 7.46. The van der Waals surface area contributed by atoms with E-state index in [-0.39, 0.29) is 5.92 Å². The van der Waals surface area contributed by atoms with Crippen molar-refractivity contribution < 1.29 is 18.9 Å². The third-order valence-corrected chi connectivity index (χ3v) is 4.34. The molecule has 1 atom stereocenters. The lowest BCUT2D eigenvalue weighted by molar-refractivity contribution is 0.281. The molecule has 1 rings (SSSR count). The first kappa shape index (κ1) is 19.2. The van der Waals surface area contributed by atoms with Crippen LogP contribution in [-0.4, -0.2) is 9.79 Å². The summed E-state index contributed by atoms with van der Waals surface area (Å²) in [5, 5.41) is 0. The van der Waals surface area contributed by atoms with Crippen LogP contribution in [0.25, 0.3) is 0 Å². The van der Waals surface area contributed by atoms with E-state index in [1.807, 2.05) is 12.1 Å². The molecule has 0 amide bonds. The standard InChI is InChI=1S/C17H29O4P/c1-3-4-5-6-7-8-9-12-15(2)16-13-10-11-14-17(16)21-22(18,19)20/h10-11,13-15H,3-9,12H2,1-2H3,(H2,18,19,20). The lowest BCUT2D eigenvalue weighted by atomic mass is 9.94. The Hall–Kier alpha value is -0.830. The molecule has 0 aliphatic heterocycles. The van der Waals surface area contributed by atoms with Crippen molar-refractivity contribution in [1.82, 2.24) is 0 Å². The van der Waals surface area contributed by atoms with Gasteiger partial charge in [-0.25, -0.2) is 4.57 Å². The predicted molar refractivity (Wildman–Crippen MR) is 90.1 cm³/mol. The quantitative estimate of drug-likeness (QED) is 0.421. The summed E-state index contributed by atoms with van der Waals surface area (Å²) in [5.74, 6) is 0.532.